The highest BCUT2D eigenvalue weighted by atomic mass is 16.2. The van der Waals surface area contributed by atoms with Crippen LogP contribution >= 0.6 is 0 Å². The maximum Gasteiger partial charge on any atom is 0.317 e. The maximum absolute atomic E-state index is 12.6. The molecule has 1 unspecified atom stereocenters. The van der Waals surface area contributed by atoms with Gasteiger partial charge >= 0.3 is 6.03 Å². The summed E-state index contributed by atoms with van der Waals surface area (Å²) in [5, 5.41) is 2.74. The molecule has 2 saturated heterocycles. The first-order valence-corrected chi connectivity index (χ1v) is 10.1. The number of rotatable bonds is 5. The van der Waals surface area contributed by atoms with Crippen molar-refractivity contribution in [3.8, 4) is 0 Å². The third-order valence-corrected chi connectivity index (χ3v) is 6.27. The standard InChI is InChI=1S/C21H32N4O2/c1-3-21(11-12-24(17-21)20(27)22-2)25-15-13-23(14-16-25)19(26)10-9-18-7-5-4-6-8-18/h4-8H,3,9-17H2,1-2H3,(H,22,27). The summed E-state index contributed by atoms with van der Waals surface area (Å²) in [7, 11) is 1.69. The summed E-state index contributed by atoms with van der Waals surface area (Å²) in [6.45, 7) is 7.17. The van der Waals surface area contributed by atoms with Gasteiger partial charge in [-0.05, 0) is 24.8 Å². The van der Waals surface area contributed by atoms with Crippen LogP contribution in [-0.4, -0.2) is 78.5 Å². The van der Waals surface area contributed by atoms with Crippen LogP contribution in [0.1, 0.15) is 31.7 Å². The molecule has 1 atom stereocenters. The van der Waals surface area contributed by atoms with Crippen molar-refractivity contribution in [3.05, 3.63) is 35.9 Å². The Hall–Kier alpha value is -2.08. The minimum absolute atomic E-state index is 0.0139. The first-order chi connectivity index (χ1) is 13.1. The zero-order valence-electron chi connectivity index (χ0n) is 16.6. The van der Waals surface area contributed by atoms with Crippen molar-refractivity contribution < 1.29 is 9.59 Å². The number of urea groups is 1. The van der Waals surface area contributed by atoms with Gasteiger partial charge in [0.1, 0.15) is 0 Å². The van der Waals surface area contributed by atoms with Gasteiger partial charge in [0.05, 0.1) is 0 Å². The number of carbonyl (C=O) groups excluding carboxylic acids is 2. The Balaban J connectivity index is 1.50. The van der Waals surface area contributed by atoms with E-state index in [1.165, 1.54) is 5.56 Å². The van der Waals surface area contributed by atoms with Crippen LogP contribution in [0.4, 0.5) is 4.79 Å². The predicted molar refractivity (Wildman–Crippen MR) is 107 cm³/mol. The van der Waals surface area contributed by atoms with Crippen LogP contribution in [0.2, 0.25) is 0 Å². The summed E-state index contributed by atoms with van der Waals surface area (Å²) in [4.78, 5) is 31.0. The Bertz CT molecular complexity index is 643. The van der Waals surface area contributed by atoms with E-state index in [-0.39, 0.29) is 17.5 Å². The van der Waals surface area contributed by atoms with Crippen LogP contribution in [0.3, 0.4) is 0 Å². The van der Waals surface area contributed by atoms with Crippen LogP contribution in [-0.2, 0) is 11.2 Å². The minimum Gasteiger partial charge on any atom is -0.341 e. The highest BCUT2D eigenvalue weighted by Gasteiger charge is 2.44. The second-order valence-electron chi connectivity index (χ2n) is 7.66. The van der Waals surface area contributed by atoms with Crippen LogP contribution < -0.4 is 5.32 Å². The molecule has 148 valence electrons. The number of hydrogen-bond acceptors (Lipinski definition) is 3. The fourth-order valence-electron chi connectivity index (χ4n) is 4.44. The maximum atomic E-state index is 12.6. The number of piperazine rings is 1. The van der Waals surface area contributed by atoms with Crippen molar-refractivity contribution >= 4 is 11.9 Å². The van der Waals surface area contributed by atoms with E-state index < -0.39 is 0 Å². The number of aryl methyl sites for hydroxylation is 1. The summed E-state index contributed by atoms with van der Waals surface area (Å²) in [6, 6.07) is 10.2. The Morgan fingerprint density at radius 1 is 1.04 bits per heavy atom. The van der Waals surface area contributed by atoms with Gasteiger partial charge < -0.3 is 15.1 Å². The molecule has 0 saturated carbocycles. The second-order valence-corrected chi connectivity index (χ2v) is 7.66. The van der Waals surface area contributed by atoms with E-state index in [2.05, 4.69) is 29.3 Å². The molecule has 3 rings (SSSR count). The van der Waals surface area contributed by atoms with E-state index in [1.807, 2.05) is 28.0 Å². The molecular weight excluding hydrogens is 340 g/mol. The minimum atomic E-state index is 0.0139. The van der Waals surface area contributed by atoms with Crippen molar-refractivity contribution in [1.82, 2.24) is 20.0 Å². The molecule has 0 spiro atoms. The van der Waals surface area contributed by atoms with Gasteiger partial charge in [-0.2, -0.15) is 0 Å². The average molecular weight is 373 g/mol. The van der Waals surface area contributed by atoms with Gasteiger partial charge in [-0.15, -0.1) is 0 Å². The number of hydrogen-bond donors (Lipinski definition) is 1. The monoisotopic (exact) mass is 372 g/mol. The van der Waals surface area contributed by atoms with Gasteiger partial charge in [-0.25, -0.2) is 4.79 Å². The molecule has 2 aliphatic rings. The molecule has 2 heterocycles. The SMILES string of the molecule is CCC1(N2CCN(C(=O)CCc3ccccc3)CC2)CCN(C(=O)NC)C1. The molecule has 1 aromatic carbocycles. The summed E-state index contributed by atoms with van der Waals surface area (Å²) in [5.41, 5.74) is 1.28. The average Bonchev–Trinajstić information content (AvgIpc) is 3.18. The van der Waals surface area contributed by atoms with Crippen molar-refractivity contribution in [2.24, 2.45) is 0 Å². The van der Waals surface area contributed by atoms with Gasteiger partial charge in [-0.3, -0.25) is 9.69 Å². The molecule has 0 aliphatic carbocycles. The van der Waals surface area contributed by atoms with Gasteiger partial charge in [0, 0.05) is 58.3 Å². The first-order valence-electron chi connectivity index (χ1n) is 10.1. The fraction of sp³-hybridized carbons (Fsp3) is 0.619. The van der Waals surface area contributed by atoms with Gasteiger partial charge in [0.15, 0.2) is 0 Å². The Labute approximate surface area is 162 Å². The topological polar surface area (TPSA) is 55.9 Å². The van der Waals surface area contributed by atoms with E-state index in [4.69, 9.17) is 0 Å². The van der Waals surface area contributed by atoms with Crippen LogP contribution in [0.5, 0.6) is 0 Å². The van der Waals surface area contributed by atoms with Crippen molar-refractivity contribution in [2.45, 2.75) is 38.1 Å². The zero-order valence-corrected chi connectivity index (χ0v) is 16.6. The lowest BCUT2D eigenvalue weighted by Gasteiger charge is -2.45. The normalized spacial score (nSPS) is 23.5. The second kappa shape index (κ2) is 8.74. The highest BCUT2D eigenvalue weighted by Crippen LogP contribution is 2.32. The van der Waals surface area contributed by atoms with Crippen LogP contribution in [0.25, 0.3) is 0 Å². The molecule has 0 bridgehead atoms. The molecule has 0 radical (unpaired) electrons. The highest BCUT2D eigenvalue weighted by molar-refractivity contribution is 5.76. The molecule has 2 aliphatic heterocycles. The number of nitrogens with one attached hydrogen (secondary N) is 1. The van der Waals surface area contributed by atoms with Gasteiger partial charge in [-0.1, -0.05) is 37.3 Å². The van der Waals surface area contributed by atoms with Crippen LogP contribution in [0, 0.1) is 0 Å². The summed E-state index contributed by atoms with van der Waals surface area (Å²) < 4.78 is 0. The lowest BCUT2D eigenvalue weighted by atomic mass is 9.92. The molecule has 3 amide bonds. The zero-order chi connectivity index (χ0) is 19.3. The molecule has 2 fully saturated rings. The Kier molecular flexibility index (Phi) is 6.37. The third kappa shape index (κ3) is 4.43. The van der Waals surface area contributed by atoms with Gasteiger partial charge in [0.2, 0.25) is 5.91 Å². The number of carbonyl (C=O) groups is 2. The molecule has 1 aromatic rings. The number of likely N-dealkylation sites (tertiary alicyclic amines) is 1. The molecule has 6 heteroatoms. The molecule has 27 heavy (non-hydrogen) atoms. The molecule has 1 N–H and O–H groups in total. The van der Waals surface area contributed by atoms with E-state index >= 15 is 0 Å². The van der Waals surface area contributed by atoms with Crippen LogP contribution in [0.15, 0.2) is 30.3 Å². The Morgan fingerprint density at radius 3 is 2.37 bits per heavy atom. The van der Waals surface area contributed by atoms with Crippen molar-refractivity contribution in [1.29, 1.82) is 0 Å². The summed E-state index contributed by atoms with van der Waals surface area (Å²) in [5.74, 6) is 0.252. The molecule has 0 aromatic heterocycles. The van der Waals surface area contributed by atoms with E-state index in [1.54, 1.807) is 7.05 Å². The number of amides is 3. The lowest BCUT2D eigenvalue weighted by molar-refractivity contribution is -0.133. The van der Waals surface area contributed by atoms with Gasteiger partial charge in [0.25, 0.3) is 0 Å². The van der Waals surface area contributed by atoms with E-state index in [0.717, 1.165) is 58.5 Å². The summed E-state index contributed by atoms with van der Waals surface area (Å²) in [6.07, 6.45) is 3.43. The number of nitrogens with zero attached hydrogens (tertiary/aromatic N) is 3. The van der Waals surface area contributed by atoms with E-state index in [0.29, 0.717) is 6.42 Å². The smallest absolute Gasteiger partial charge is 0.317 e. The number of benzene rings is 1. The first kappa shape index (κ1) is 19.7. The largest absolute Gasteiger partial charge is 0.341 e. The molecule has 6 nitrogen and oxygen atoms in total. The summed E-state index contributed by atoms with van der Waals surface area (Å²) >= 11 is 0. The van der Waals surface area contributed by atoms with Crippen molar-refractivity contribution in [2.75, 3.05) is 46.3 Å². The lowest BCUT2D eigenvalue weighted by Crippen LogP contribution is -2.59. The van der Waals surface area contributed by atoms with Crippen molar-refractivity contribution in [3.63, 3.8) is 0 Å². The van der Waals surface area contributed by atoms with E-state index in [9.17, 15) is 9.59 Å². The predicted octanol–water partition coefficient (Wildman–Crippen LogP) is 1.96. The third-order valence-electron chi connectivity index (χ3n) is 6.27. The fourth-order valence-corrected chi connectivity index (χ4v) is 4.44. The Morgan fingerprint density at radius 2 is 1.74 bits per heavy atom. The molecular formula is C21H32N4O2. The quantitative estimate of drug-likeness (QED) is 0.860.